The van der Waals surface area contributed by atoms with Crippen molar-refractivity contribution in [2.75, 3.05) is 0 Å². The van der Waals surface area contributed by atoms with Crippen LogP contribution in [0.4, 0.5) is 0 Å². The smallest absolute Gasteiger partial charge is 0.311 e. The van der Waals surface area contributed by atoms with Crippen molar-refractivity contribution in [2.24, 2.45) is 35.5 Å². The largest absolute Gasteiger partial charge is 0.454 e. The van der Waals surface area contributed by atoms with Gasteiger partial charge in [-0.05, 0) is 58.1 Å². The van der Waals surface area contributed by atoms with Crippen LogP contribution in [0.2, 0.25) is 0 Å². The highest BCUT2D eigenvalue weighted by Crippen LogP contribution is 2.50. The van der Waals surface area contributed by atoms with Gasteiger partial charge in [-0.3, -0.25) is 9.59 Å². The first-order chi connectivity index (χ1) is 14.6. The molecule has 8 atom stereocenters. The molecule has 0 aromatic heterocycles. The average Bonchev–Trinajstić information content (AvgIpc) is 3.32. The van der Waals surface area contributed by atoms with Gasteiger partial charge in [0.15, 0.2) is 0 Å². The SMILES string of the molecule is CC1=CC=CC(C)(OC(=O)C2C3C=CC(C3)C2C(=O)OC2(C)C=CC=C(C)C2C)C1C. The summed E-state index contributed by atoms with van der Waals surface area (Å²) in [4.78, 5) is 26.8. The zero-order chi connectivity index (χ0) is 22.6. The lowest BCUT2D eigenvalue weighted by atomic mass is 9.79. The van der Waals surface area contributed by atoms with Crippen molar-refractivity contribution in [3.05, 3.63) is 59.8 Å². The minimum Gasteiger partial charge on any atom is -0.454 e. The number of fused-ring (bicyclic) bond motifs is 2. The van der Waals surface area contributed by atoms with E-state index >= 15 is 0 Å². The number of carbonyl (C=O) groups is 2. The van der Waals surface area contributed by atoms with Crippen LogP contribution in [-0.2, 0) is 19.1 Å². The Morgan fingerprint density at radius 1 is 0.806 bits per heavy atom. The maximum atomic E-state index is 13.4. The minimum atomic E-state index is -0.704. The zero-order valence-corrected chi connectivity index (χ0v) is 19.4. The fraction of sp³-hybridized carbons (Fsp3) is 0.556. The Morgan fingerprint density at radius 2 is 1.19 bits per heavy atom. The molecule has 4 heteroatoms. The van der Waals surface area contributed by atoms with E-state index in [-0.39, 0.29) is 35.6 Å². The molecule has 0 amide bonds. The highest BCUT2D eigenvalue weighted by molar-refractivity contribution is 5.85. The van der Waals surface area contributed by atoms with Gasteiger partial charge in [0, 0.05) is 11.8 Å². The molecular weight excluding hydrogens is 388 g/mol. The molecular formula is C27H34O4. The Balaban J connectivity index is 1.54. The summed E-state index contributed by atoms with van der Waals surface area (Å²) in [5.41, 5.74) is 0.946. The summed E-state index contributed by atoms with van der Waals surface area (Å²) in [5.74, 6) is -1.32. The summed E-state index contributed by atoms with van der Waals surface area (Å²) in [6.07, 6.45) is 16.9. The van der Waals surface area contributed by atoms with Crippen molar-refractivity contribution in [3.63, 3.8) is 0 Å². The maximum absolute atomic E-state index is 13.4. The molecule has 0 aliphatic heterocycles. The Hall–Kier alpha value is -2.36. The molecule has 0 radical (unpaired) electrons. The summed E-state index contributed by atoms with van der Waals surface area (Å²) in [6, 6.07) is 0. The lowest BCUT2D eigenvalue weighted by molar-refractivity contribution is -0.175. The predicted molar refractivity (Wildman–Crippen MR) is 121 cm³/mol. The van der Waals surface area contributed by atoms with Gasteiger partial charge in [-0.1, -0.05) is 61.4 Å². The van der Waals surface area contributed by atoms with E-state index in [1.54, 1.807) is 0 Å². The normalized spacial score (nSPS) is 42.9. The second kappa shape index (κ2) is 7.65. The molecule has 0 spiro atoms. The average molecular weight is 423 g/mol. The molecule has 8 unspecified atom stereocenters. The van der Waals surface area contributed by atoms with E-state index < -0.39 is 23.0 Å². The second-order valence-electron chi connectivity index (χ2n) is 10.2. The van der Waals surface area contributed by atoms with Crippen LogP contribution in [0, 0.1) is 35.5 Å². The van der Waals surface area contributed by atoms with Gasteiger partial charge >= 0.3 is 11.9 Å². The number of carbonyl (C=O) groups excluding carboxylic acids is 2. The summed E-state index contributed by atoms with van der Waals surface area (Å²) in [7, 11) is 0. The van der Waals surface area contributed by atoms with Gasteiger partial charge < -0.3 is 9.47 Å². The van der Waals surface area contributed by atoms with Gasteiger partial charge in [-0.2, -0.15) is 0 Å². The Labute approximate surface area is 185 Å². The van der Waals surface area contributed by atoms with Gasteiger partial charge in [0.2, 0.25) is 0 Å². The third-order valence-electron chi connectivity index (χ3n) is 8.30. The highest BCUT2D eigenvalue weighted by atomic mass is 16.6. The first-order valence-corrected chi connectivity index (χ1v) is 11.4. The van der Waals surface area contributed by atoms with Crippen molar-refractivity contribution in [1.29, 1.82) is 0 Å². The topological polar surface area (TPSA) is 52.6 Å². The molecule has 0 aromatic carbocycles. The van der Waals surface area contributed by atoms with Crippen LogP contribution < -0.4 is 0 Å². The van der Waals surface area contributed by atoms with Crippen LogP contribution in [0.25, 0.3) is 0 Å². The molecule has 0 heterocycles. The Bertz CT molecular complexity index is 861. The van der Waals surface area contributed by atoms with Gasteiger partial charge in [0.25, 0.3) is 0 Å². The molecule has 0 N–H and O–H groups in total. The van der Waals surface area contributed by atoms with Crippen LogP contribution in [0.3, 0.4) is 0 Å². The van der Waals surface area contributed by atoms with Crippen molar-refractivity contribution >= 4 is 11.9 Å². The molecule has 0 saturated heterocycles. The Morgan fingerprint density at radius 3 is 1.58 bits per heavy atom. The zero-order valence-electron chi connectivity index (χ0n) is 19.4. The van der Waals surface area contributed by atoms with Crippen molar-refractivity contribution in [1.82, 2.24) is 0 Å². The predicted octanol–water partition coefficient (Wildman–Crippen LogP) is 5.33. The van der Waals surface area contributed by atoms with E-state index in [0.717, 1.165) is 6.42 Å². The fourth-order valence-electron chi connectivity index (χ4n) is 5.54. The van der Waals surface area contributed by atoms with E-state index in [1.807, 2.05) is 38.2 Å². The first-order valence-electron chi connectivity index (χ1n) is 11.4. The molecule has 0 aromatic rings. The van der Waals surface area contributed by atoms with Gasteiger partial charge in [-0.25, -0.2) is 0 Å². The van der Waals surface area contributed by atoms with Gasteiger partial charge in [0.1, 0.15) is 11.2 Å². The second-order valence-corrected chi connectivity index (χ2v) is 10.2. The molecule has 4 rings (SSSR count). The van der Waals surface area contributed by atoms with Crippen LogP contribution in [0.5, 0.6) is 0 Å². The number of hydrogen-bond donors (Lipinski definition) is 0. The van der Waals surface area contributed by atoms with E-state index in [0.29, 0.717) is 0 Å². The van der Waals surface area contributed by atoms with E-state index in [1.165, 1.54) is 11.1 Å². The van der Waals surface area contributed by atoms with Crippen LogP contribution in [0.1, 0.15) is 48.0 Å². The van der Waals surface area contributed by atoms with E-state index in [4.69, 9.17) is 9.47 Å². The summed E-state index contributed by atoms with van der Waals surface area (Å²) < 4.78 is 12.2. The molecule has 31 heavy (non-hydrogen) atoms. The van der Waals surface area contributed by atoms with Gasteiger partial charge in [-0.15, -0.1) is 0 Å². The summed E-state index contributed by atoms with van der Waals surface area (Å²) in [5, 5.41) is 0. The molecule has 4 aliphatic carbocycles. The number of rotatable bonds is 4. The van der Waals surface area contributed by atoms with E-state index in [9.17, 15) is 9.59 Å². The monoisotopic (exact) mass is 422 g/mol. The lowest BCUT2D eigenvalue weighted by Crippen LogP contribution is -2.45. The van der Waals surface area contributed by atoms with Crippen LogP contribution >= 0.6 is 0 Å². The van der Waals surface area contributed by atoms with Crippen molar-refractivity contribution in [3.8, 4) is 0 Å². The van der Waals surface area contributed by atoms with Gasteiger partial charge in [0.05, 0.1) is 11.8 Å². The van der Waals surface area contributed by atoms with Crippen molar-refractivity contribution < 1.29 is 19.1 Å². The number of esters is 2. The highest BCUT2D eigenvalue weighted by Gasteiger charge is 2.55. The molecule has 2 bridgehead atoms. The first kappa shape index (κ1) is 21.9. The Kier molecular flexibility index (Phi) is 5.39. The van der Waals surface area contributed by atoms with E-state index in [2.05, 4.69) is 52.0 Å². The number of allylic oxidation sites excluding steroid dienone is 6. The summed E-state index contributed by atoms with van der Waals surface area (Å²) in [6.45, 7) is 12.1. The lowest BCUT2D eigenvalue weighted by Gasteiger charge is -2.39. The maximum Gasteiger partial charge on any atom is 0.311 e. The number of hydrogen-bond acceptors (Lipinski definition) is 4. The standard InChI is InChI=1S/C27H34O4/c1-16-9-7-13-26(5,18(16)3)30-24(28)22-20-11-12-21(15-20)23(22)25(29)31-27(6)14-8-10-17(2)19(27)4/h7-14,18-23H,15H2,1-6H3. The molecule has 4 nitrogen and oxygen atoms in total. The summed E-state index contributed by atoms with van der Waals surface area (Å²) >= 11 is 0. The fourth-order valence-corrected chi connectivity index (χ4v) is 5.54. The molecule has 1 saturated carbocycles. The van der Waals surface area contributed by atoms with Crippen LogP contribution in [0.15, 0.2) is 59.8 Å². The molecule has 1 fully saturated rings. The third-order valence-corrected chi connectivity index (χ3v) is 8.30. The minimum absolute atomic E-state index is 0.0342. The quantitative estimate of drug-likeness (QED) is 0.454. The molecule has 166 valence electrons. The van der Waals surface area contributed by atoms with Crippen molar-refractivity contribution in [2.45, 2.75) is 59.2 Å². The van der Waals surface area contributed by atoms with Crippen LogP contribution in [-0.4, -0.2) is 23.1 Å². The third kappa shape index (κ3) is 3.64. The number of ether oxygens (including phenoxy) is 2. The molecule has 4 aliphatic rings.